The van der Waals surface area contributed by atoms with E-state index in [1.54, 1.807) is 0 Å². The molecule has 0 saturated carbocycles. The molecule has 5 N–H and O–H groups in total. The van der Waals surface area contributed by atoms with E-state index in [1.807, 2.05) is 6.92 Å². The largest absolute Gasteiger partial charge is 0.459 e. The summed E-state index contributed by atoms with van der Waals surface area (Å²) in [6, 6.07) is 0. The van der Waals surface area contributed by atoms with Gasteiger partial charge in [-0.15, -0.1) is 0 Å². The Morgan fingerprint density at radius 2 is 1.41 bits per heavy atom. The van der Waals surface area contributed by atoms with Crippen LogP contribution < -0.4 is 0 Å². The molecule has 9 aliphatic heterocycles. The summed E-state index contributed by atoms with van der Waals surface area (Å²) in [6.45, 7) is 12.6. The molecular formula is C42H62O14. The van der Waals surface area contributed by atoms with E-state index in [1.165, 1.54) is 12.2 Å². The van der Waals surface area contributed by atoms with Crippen LogP contribution in [0.15, 0.2) is 36.5 Å². The molecule has 4 unspecified atom stereocenters. The van der Waals surface area contributed by atoms with Gasteiger partial charge in [0.2, 0.25) is 0 Å². The fourth-order valence-corrected chi connectivity index (χ4v) is 10.0. The number of allylic oxidation sites excluding steroid dienone is 1. The first-order valence-electron chi connectivity index (χ1n) is 20.8. The van der Waals surface area contributed by atoms with Crippen molar-refractivity contribution in [2.45, 2.75) is 195 Å². The van der Waals surface area contributed by atoms with Crippen LogP contribution in [0.4, 0.5) is 0 Å². The SMILES string of the molecule is C=C1CC2CCC(=O)/C=C/[C@H](O)[C@@H]3O[C@H]4CCC(CC(=O)O[C@H]5[C@H](C[C@H]6O[C@@H](CC[C@@H]1O2)C[C@@H](C)C6=C)O[C@H]1C[C@@H](O)C(CCO)OC1[C@@H]5C)O[C@@H]4[C@H](O)[C@@H]3O. The van der Waals surface area contributed by atoms with Gasteiger partial charge in [-0.3, -0.25) is 9.59 Å². The first-order chi connectivity index (χ1) is 26.8. The number of rotatable bonds is 2. The number of aliphatic hydroxyl groups is 5. The fourth-order valence-electron chi connectivity index (χ4n) is 10.0. The van der Waals surface area contributed by atoms with Gasteiger partial charge in [-0.05, 0) is 80.6 Å². The Labute approximate surface area is 329 Å². The van der Waals surface area contributed by atoms with Crippen molar-refractivity contribution in [2.24, 2.45) is 11.8 Å². The van der Waals surface area contributed by atoms with Gasteiger partial charge in [0, 0.05) is 31.8 Å². The summed E-state index contributed by atoms with van der Waals surface area (Å²) in [5.74, 6) is -0.899. The number of hydrogen-bond acceptors (Lipinski definition) is 14. The molecule has 19 atom stereocenters. The maximum Gasteiger partial charge on any atom is 0.308 e. The Morgan fingerprint density at radius 3 is 2.20 bits per heavy atom. The number of aliphatic hydroxyl groups excluding tert-OH is 5. The molecule has 6 saturated heterocycles. The molecule has 14 heteroatoms. The molecule has 0 aromatic heterocycles. The number of carbonyl (C=O) groups is 2. The van der Waals surface area contributed by atoms with Crippen molar-refractivity contribution >= 4 is 11.8 Å². The van der Waals surface area contributed by atoms with Crippen LogP contribution >= 0.6 is 0 Å². The summed E-state index contributed by atoms with van der Waals surface area (Å²) < 4.78 is 44.6. The summed E-state index contributed by atoms with van der Waals surface area (Å²) >= 11 is 0. The Kier molecular flexibility index (Phi) is 13.6. The molecule has 9 heterocycles. The van der Waals surface area contributed by atoms with Crippen molar-refractivity contribution in [1.29, 1.82) is 0 Å². The first-order valence-corrected chi connectivity index (χ1v) is 20.8. The van der Waals surface area contributed by atoms with E-state index in [-0.39, 0.29) is 67.9 Å². The van der Waals surface area contributed by atoms with Crippen LogP contribution in [0.1, 0.15) is 90.9 Å². The second-order valence-electron chi connectivity index (χ2n) is 17.3. The minimum atomic E-state index is -1.51. The predicted molar refractivity (Wildman–Crippen MR) is 199 cm³/mol. The van der Waals surface area contributed by atoms with E-state index in [2.05, 4.69) is 20.1 Å². The number of carbonyl (C=O) groups excluding carboxylic acids is 2. The lowest BCUT2D eigenvalue weighted by molar-refractivity contribution is -0.278. The summed E-state index contributed by atoms with van der Waals surface area (Å²) in [4.78, 5) is 26.6. The van der Waals surface area contributed by atoms with Gasteiger partial charge in [0.25, 0.3) is 0 Å². The molecule has 6 fully saturated rings. The van der Waals surface area contributed by atoms with Crippen LogP contribution in [0, 0.1) is 11.8 Å². The lowest BCUT2D eigenvalue weighted by Crippen LogP contribution is -2.63. The summed E-state index contributed by atoms with van der Waals surface area (Å²) in [6.07, 6.45) is -4.42. The van der Waals surface area contributed by atoms with Gasteiger partial charge in [-0.1, -0.05) is 27.0 Å². The maximum absolute atomic E-state index is 13.8. The molecule has 0 aliphatic carbocycles. The van der Waals surface area contributed by atoms with Crippen molar-refractivity contribution in [3.8, 4) is 0 Å². The standard InChI is InChI=1S/C42H62O14/c1-20-15-26-8-11-30-21(2)16-25(50-30)7-5-24(44)6-10-28(45)41-37(48)38(49)42-32(55-41)12-9-27(52-42)17-36(47)56-40-23(4)39-34(18-29(46)31(54-39)13-14-43)53-35(40)19-33(51-26)22(20)3/h6,10,20,23,25-35,37-43,45-46,48-49H,2-3,5,7-9,11-19H2,1,4H3/b10-6+/t20-,23+,25?,26+,27?,28+,29-,30+,31?,32+,33-,34+,35+,37+,38-,39?,40-,41+,42+/m1/s1. The maximum atomic E-state index is 13.8. The zero-order valence-corrected chi connectivity index (χ0v) is 32.6. The first kappa shape index (κ1) is 42.1. The normalized spacial score (nSPS) is 48.9. The molecule has 0 aromatic carbocycles. The van der Waals surface area contributed by atoms with Gasteiger partial charge in [0.15, 0.2) is 5.78 Å². The van der Waals surface area contributed by atoms with Gasteiger partial charge in [0.05, 0.1) is 73.6 Å². The smallest absolute Gasteiger partial charge is 0.308 e. The van der Waals surface area contributed by atoms with Crippen LogP contribution in [0.25, 0.3) is 0 Å². The van der Waals surface area contributed by atoms with Gasteiger partial charge in [-0.25, -0.2) is 0 Å². The van der Waals surface area contributed by atoms with Crippen molar-refractivity contribution in [1.82, 2.24) is 0 Å². The molecule has 0 amide bonds. The summed E-state index contributed by atoms with van der Waals surface area (Å²) in [7, 11) is 0. The second kappa shape index (κ2) is 18.0. The Hall–Kier alpha value is -2.08. The zero-order valence-electron chi connectivity index (χ0n) is 32.6. The lowest BCUT2D eigenvalue weighted by atomic mass is 9.79. The summed E-state index contributed by atoms with van der Waals surface area (Å²) in [5.41, 5.74) is 1.92. The third-order valence-corrected chi connectivity index (χ3v) is 13.3. The van der Waals surface area contributed by atoms with E-state index in [0.29, 0.717) is 44.9 Å². The molecule has 0 radical (unpaired) electrons. The molecule has 9 rings (SSSR count). The minimum absolute atomic E-state index is 0.0815. The highest BCUT2D eigenvalue weighted by atomic mass is 16.6. The van der Waals surface area contributed by atoms with E-state index in [4.69, 9.17) is 33.2 Å². The zero-order chi connectivity index (χ0) is 39.8. The molecule has 8 bridgehead atoms. The van der Waals surface area contributed by atoms with Crippen molar-refractivity contribution in [3.05, 3.63) is 36.5 Å². The van der Waals surface area contributed by atoms with Gasteiger partial charge >= 0.3 is 5.97 Å². The lowest BCUT2D eigenvalue weighted by Gasteiger charge is -2.51. The Balaban J connectivity index is 1.12. The number of fused-ring (bicyclic) bond motifs is 3. The number of ether oxygens (including phenoxy) is 7. The van der Waals surface area contributed by atoms with Crippen LogP contribution in [0.5, 0.6) is 0 Å². The highest BCUT2D eigenvalue weighted by Gasteiger charge is 2.53. The fraction of sp³-hybridized carbons (Fsp3) is 0.810. The van der Waals surface area contributed by atoms with Gasteiger partial charge < -0.3 is 58.7 Å². The number of ketones is 1. The molecule has 14 nitrogen and oxygen atoms in total. The predicted octanol–water partition coefficient (Wildman–Crippen LogP) is 2.14. The van der Waals surface area contributed by atoms with Crippen LogP contribution in [-0.2, 0) is 42.7 Å². The molecular weight excluding hydrogens is 728 g/mol. The monoisotopic (exact) mass is 790 g/mol. The van der Waals surface area contributed by atoms with Crippen LogP contribution in [0.3, 0.4) is 0 Å². The molecule has 9 aliphatic rings. The van der Waals surface area contributed by atoms with Gasteiger partial charge in [0.1, 0.15) is 36.6 Å². The Morgan fingerprint density at radius 1 is 0.696 bits per heavy atom. The van der Waals surface area contributed by atoms with Crippen molar-refractivity contribution in [3.63, 3.8) is 0 Å². The highest BCUT2D eigenvalue weighted by Crippen LogP contribution is 2.42. The van der Waals surface area contributed by atoms with Crippen molar-refractivity contribution < 1.29 is 68.3 Å². The van der Waals surface area contributed by atoms with E-state index < -0.39 is 85.3 Å². The third kappa shape index (κ3) is 9.21. The molecule has 314 valence electrons. The van der Waals surface area contributed by atoms with Crippen LogP contribution in [-0.4, -0.2) is 148 Å². The average Bonchev–Trinajstić information content (AvgIpc) is 3.53. The van der Waals surface area contributed by atoms with Gasteiger partial charge in [-0.2, -0.15) is 0 Å². The third-order valence-electron chi connectivity index (χ3n) is 13.3. The number of esters is 1. The van der Waals surface area contributed by atoms with Crippen molar-refractivity contribution in [2.75, 3.05) is 6.61 Å². The van der Waals surface area contributed by atoms with Crippen LogP contribution in [0.2, 0.25) is 0 Å². The average molecular weight is 791 g/mol. The topological polar surface area (TPSA) is 200 Å². The molecule has 56 heavy (non-hydrogen) atoms. The number of hydrogen-bond donors (Lipinski definition) is 5. The molecule has 0 aromatic rings. The quantitative estimate of drug-likeness (QED) is 0.201. The highest BCUT2D eigenvalue weighted by molar-refractivity contribution is 5.89. The molecule has 0 spiro atoms. The van der Waals surface area contributed by atoms with E-state index in [0.717, 1.165) is 24.0 Å². The minimum Gasteiger partial charge on any atom is -0.459 e. The van der Waals surface area contributed by atoms with E-state index in [9.17, 15) is 35.1 Å². The Bertz CT molecular complexity index is 1450. The second-order valence-corrected chi connectivity index (χ2v) is 17.3. The summed E-state index contributed by atoms with van der Waals surface area (Å²) in [5, 5.41) is 53.6. The van der Waals surface area contributed by atoms with E-state index >= 15 is 0 Å².